The molecule has 4 aromatic carbocycles. The van der Waals surface area contributed by atoms with Crippen molar-refractivity contribution in [3.8, 4) is 11.5 Å². The lowest BCUT2D eigenvalue weighted by atomic mass is 10.1. The van der Waals surface area contributed by atoms with Gasteiger partial charge in [0.25, 0.3) is 11.6 Å². The number of amides is 7. The lowest BCUT2D eigenvalue weighted by Crippen LogP contribution is -2.47. The topological polar surface area (TPSA) is 163 Å². The van der Waals surface area contributed by atoms with E-state index in [2.05, 4.69) is 89.6 Å². The van der Waals surface area contributed by atoms with Crippen molar-refractivity contribution in [1.29, 1.82) is 0 Å². The van der Waals surface area contributed by atoms with Crippen molar-refractivity contribution >= 4 is 132 Å². The van der Waals surface area contributed by atoms with Crippen LogP contribution in [0.15, 0.2) is 156 Å². The van der Waals surface area contributed by atoms with Crippen LogP contribution in [0.4, 0.5) is 32.3 Å². The van der Waals surface area contributed by atoms with Gasteiger partial charge in [-0.2, -0.15) is 0 Å². The molecule has 8 rings (SSSR count). The molecule has 14 nitrogen and oxygen atoms in total. The second kappa shape index (κ2) is 19.6. The number of pyridine rings is 2. The molecule has 2 aromatic heterocycles. The first-order valence-electron chi connectivity index (χ1n) is 17.5. The third-order valence-electron chi connectivity index (χ3n) is 8.78. The van der Waals surface area contributed by atoms with Gasteiger partial charge >= 0.3 is 23.9 Å². The molecule has 310 valence electrons. The molecule has 7 amide bonds. The van der Waals surface area contributed by atoms with Gasteiger partial charge in [0.2, 0.25) is 0 Å². The van der Waals surface area contributed by atoms with Gasteiger partial charge in [-0.3, -0.25) is 24.3 Å². The van der Waals surface area contributed by atoms with Crippen LogP contribution in [0, 0.1) is 0 Å². The second-order valence-corrected chi connectivity index (χ2v) is 17.0. The molecule has 2 aliphatic rings. The van der Waals surface area contributed by atoms with E-state index in [9.17, 15) is 29.1 Å². The molecule has 1 unspecified atom stereocenters. The molecular formula is C42H29Br5N6O8. The number of hydrogen-bond donors (Lipinski definition) is 1. The highest BCUT2D eigenvalue weighted by Crippen LogP contribution is 2.41. The van der Waals surface area contributed by atoms with Crippen LogP contribution in [0.5, 0.6) is 11.5 Å². The lowest BCUT2D eigenvalue weighted by Gasteiger charge is -2.29. The third kappa shape index (κ3) is 9.77. The molecular weight excluding hydrogens is 1120 g/mol. The predicted molar refractivity (Wildman–Crippen MR) is 245 cm³/mol. The summed E-state index contributed by atoms with van der Waals surface area (Å²) < 4.78 is 14.0. The summed E-state index contributed by atoms with van der Waals surface area (Å²) in [5.74, 6) is -1.32. The smallest absolute Gasteiger partial charge is 0.343 e. The van der Waals surface area contributed by atoms with Crippen LogP contribution in [0.25, 0.3) is 0 Å². The lowest BCUT2D eigenvalue weighted by molar-refractivity contribution is -0.134. The Morgan fingerprint density at radius 3 is 1.21 bits per heavy atom. The number of imide groups is 3. The summed E-state index contributed by atoms with van der Waals surface area (Å²) in [6.45, 7) is 0. The predicted octanol–water partition coefficient (Wildman–Crippen LogP) is 10.00. The molecule has 1 N–H and O–H groups in total. The first-order chi connectivity index (χ1) is 29.2. The number of carbonyl (C=O) groups is 5. The zero-order chi connectivity index (χ0) is 44.0. The molecule has 1 atom stereocenters. The number of anilines is 4. The van der Waals surface area contributed by atoms with Crippen LogP contribution < -0.4 is 29.1 Å². The minimum Gasteiger partial charge on any atom is -0.495 e. The SMILES string of the molecule is COc1ccc(Br)nc1.COc1ccc(C2(O)C(=O)N(c3ccc(Br)cc3)C(=O)N2c2ccc(Br)cc2)nc1.O=C1C(=O)N(c2ccc(Br)cc2)C(=O)N1c1ccc(Br)cc1. The van der Waals surface area contributed by atoms with Gasteiger partial charge in [0.15, 0.2) is 0 Å². The van der Waals surface area contributed by atoms with Crippen LogP contribution in [0.3, 0.4) is 0 Å². The van der Waals surface area contributed by atoms with E-state index in [1.807, 2.05) is 12.1 Å². The minimum absolute atomic E-state index is 0.00387. The van der Waals surface area contributed by atoms with Crippen molar-refractivity contribution in [2.45, 2.75) is 5.72 Å². The van der Waals surface area contributed by atoms with Gasteiger partial charge < -0.3 is 14.6 Å². The largest absolute Gasteiger partial charge is 0.495 e. The standard InChI is InChI=1S/C21H15Br2N3O4.C15H8Br2N2O3.C6H6BrNO/c1-30-17-10-11-18(24-12-17)21(29)19(27)25(15-6-2-13(22)3-7-15)20(28)26(21)16-8-4-14(23)5-9-16;16-9-1-5-11(6-2-9)18-13(20)14(21)19(15(18)22)12-7-3-10(17)4-8-12;1-9-5-2-3-6(7)8-4-5/h2-12,29H,1H3;1-8H;2-4H,1H3. The van der Waals surface area contributed by atoms with Gasteiger partial charge in [-0.1, -0.05) is 63.7 Å². The van der Waals surface area contributed by atoms with E-state index in [1.165, 1.54) is 19.4 Å². The molecule has 61 heavy (non-hydrogen) atoms. The maximum atomic E-state index is 13.4. The molecule has 6 aromatic rings. The summed E-state index contributed by atoms with van der Waals surface area (Å²) in [5.41, 5.74) is -0.943. The Kier molecular flexibility index (Phi) is 14.5. The fourth-order valence-corrected chi connectivity index (χ4v) is 7.09. The van der Waals surface area contributed by atoms with Crippen molar-refractivity contribution in [2.75, 3.05) is 33.8 Å². The summed E-state index contributed by atoms with van der Waals surface area (Å²) >= 11 is 16.5. The minimum atomic E-state index is -2.33. The number of carbonyl (C=O) groups excluding carboxylic acids is 5. The molecule has 2 aliphatic heterocycles. The van der Waals surface area contributed by atoms with Crippen molar-refractivity contribution in [1.82, 2.24) is 9.97 Å². The molecule has 0 spiro atoms. The molecule has 0 radical (unpaired) electrons. The highest BCUT2D eigenvalue weighted by molar-refractivity contribution is 9.11. The number of methoxy groups -OCH3 is 2. The Balaban J connectivity index is 0.000000175. The number of benzene rings is 4. The van der Waals surface area contributed by atoms with Gasteiger partial charge in [-0.05, 0) is 137 Å². The molecule has 0 saturated carbocycles. The first kappa shape index (κ1) is 45.2. The van der Waals surface area contributed by atoms with Gasteiger partial charge in [0, 0.05) is 23.6 Å². The summed E-state index contributed by atoms with van der Waals surface area (Å²) in [4.78, 5) is 75.5. The summed E-state index contributed by atoms with van der Waals surface area (Å²) in [7, 11) is 3.10. The Bertz CT molecular complexity index is 2500. The molecule has 2 fully saturated rings. The number of rotatable bonds is 7. The number of aliphatic hydroxyl groups is 1. The van der Waals surface area contributed by atoms with Crippen molar-refractivity contribution in [3.05, 3.63) is 162 Å². The first-order valence-corrected chi connectivity index (χ1v) is 21.5. The zero-order valence-corrected chi connectivity index (χ0v) is 39.5. The van der Waals surface area contributed by atoms with E-state index < -0.39 is 35.5 Å². The average Bonchev–Trinajstić information content (AvgIpc) is 3.61. The Hall–Kier alpha value is -5.31. The fraction of sp³-hybridized carbons (Fsp3) is 0.0714. The van der Waals surface area contributed by atoms with E-state index in [1.54, 1.807) is 116 Å². The molecule has 0 aliphatic carbocycles. The van der Waals surface area contributed by atoms with Crippen molar-refractivity contribution in [3.63, 3.8) is 0 Å². The maximum Gasteiger partial charge on any atom is 0.343 e. The van der Waals surface area contributed by atoms with E-state index in [0.717, 1.165) is 47.8 Å². The maximum absolute atomic E-state index is 13.4. The second-order valence-electron chi connectivity index (χ2n) is 12.5. The Morgan fingerprint density at radius 2 is 0.852 bits per heavy atom. The molecule has 0 bridgehead atoms. The van der Waals surface area contributed by atoms with E-state index >= 15 is 0 Å². The van der Waals surface area contributed by atoms with Crippen molar-refractivity contribution in [2.24, 2.45) is 0 Å². The van der Waals surface area contributed by atoms with Gasteiger partial charge in [-0.15, -0.1) is 0 Å². The average molecular weight is 1150 g/mol. The Labute approximate surface area is 390 Å². The van der Waals surface area contributed by atoms with Crippen LogP contribution in [-0.2, 0) is 20.1 Å². The van der Waals surface area contributed by atoms with Gasteiger partial charge in [0.1, 0.15) is 21.8 Å². The number of urea groups is 2. The summed E-state index contributed by atoms with van der Waals surface area (Å²) in [5, 5.41) is 11.6. The molecule has 4 heterocycles. The van der Waals surface area contributed by atoms with E-state index in [-0.39, 0.29) is 5.69 Å². The number of hydrogen-bond acceptors (Lipinski definition) is 10. The number of aromatic nitrogens is 2. The monoisotopic (exact) mass is 1140 g/mol. The quantitative estimate of drug-likeness (QED) is 0.0925. The number of nitrogens with zero attached hydrogens (tertiary/aromatic N) is 6. The third-order valence-corrected chi connectivity index (χ3v) is 11.4. The van der Waals surface area contributed by atoms with Crippen LogP contribution in [-0.4, -0.2) is 59.1 Å². The molecule has 2 saturated heterocycles. The summed E-state index contributed by atoms with van der Waals surface area (Å²) in [6.07, 6.45) is 3.04. The Morgan fingerprint density at radius 1 is 0.475 bits per heavy atom. The van der Waals surface area contributed by atoms with Crippen LogP contribution >= 0.6 is 79.6 Å². The normalized spacial score (nSPS) is 16.0. The molecule has 19 heteroatoms. The van der Waals surface area contributed by atoms with Crippen LogP contribution in [0.1, 0.15) is 5.69 Å². The van der Waals surface area contributed by atoms with E-state index in [4.69, 9.17) is 9.47 Å². The highest BCUT2D eigenvalue weighted by Gasteiger charge is 2.60. The number of ether oxygens (including phenoxy) is 2. The summed E-state index contributed by atoms with van der Waals surface area (Å²) in [6, 6.07) is 31.9. The fourth-order valence-electron chi connectivity index (χ4n) is 5.80. The number of halogens is 5. The zero-order valence-electron chi connectivity index (χ0n) is 31.6. The van der Waals surface area contributed by atoms with E-state index in [0.29, 0.717) is 28.5 Å². The van der Waals surface area contributed by atoms with Crippen molar-refractivity contribution < 1.29 is 38.6 Å². The van der Waals surface area contributed by atoms with Gasteiger partial charge in [0.05, 0.1) is 43.7 Å². The van der Waals surface area contributed by atoms with Gasteiger partial charge in [-0.25, -0.2) is 29.3 Å². The van der Waals surface area contributed by atoms with Crippen LogP contribution in [0.2, 0.25) is 0 Å². The highest BCUT2D eigenvalue weighted by atomic mass is 79.9.